The SMILES string of the molecule is Cc1ccc(NC(=O)NC(=O)C(C)N2CCN(S(=O)(=O)c3ccccc3Cl)CC2)c(C)c1. The van der Waals surface area contributed by atoms with Crippen LogP contribution >= 0.6 is 11.6 Å². The number of rotatable bonds is 5. The highest BCUT2D eigenvalue weighted by Crippen LogP contribution is 2.25. The van der Waals surface area contributed by atoms with Gasteiger partial charge in [-0.05, 0) is 44.5 Å². The molecular weight excluding hydrogens is 452 g/mol. The molecule has 1 fully saturated rings. The molecule has 3 amide bonds. The molecule has 2 aromatic rings. The second-order valence-electron chi connectivity index (χ2n) is 7.81. The van der Waals surface area contributed by atoms with Gasteiger partial charge < -0.3 is 5.32 Å². The smallest absolute Gasteiger partial charge is 0.307 e. The molecule has 1 saturated heterocycles. The lowest BCUT2D eigenvalue weighted by Crippen LogP contribution is -2.55. The number of nitrogens with one attached hydrogen (secondary N) is 2. The Labute approximate surface area is 193 Å². The van der Waals surface area contributed by atoms with Gasteiger partial charge in [-0.2, -0.15) is 4.31 Å². The second-order valence-corrected chi connectivity index (χ2v) is 10.1. The Hall–Kier alpha value is -2.46. The molecule has 1 atom stereocenters. The van der Waals surface area contributed by atoms with E-state index in [1.807, 2.05) is 30.9 Å². The van der Waals surface area contributed by atoms with Gasteiger partial charge in [-0.1, -0.05) is 41.4 Å². The molecule has 1 unspecified atom stereocenters. The first-order valence-corrected chi connectivity index (χ1v) is 12.1. The lowest BCUT2D eigenvalue weighted by atomic mass is 10.1. The second kappa shape index (κ2) is 9.99. The molecule has 2 aromatic carbocycles. The van der Waals surface area contributed by atoms with E-state index in [1.165, 1.54) is 10.4 Å². The number of hydrogen-bond donors (Lipinski definition) is 2. The van der Waals surface area contributed by atoms with Crippen LogP contribution in [0.3, 0.4) is 0 Å². The third-order valence-electron chi connectivity index (χ3n) is 5.52. The van der Waals surface area contributed by atoms with E-state index in [9.17, 15) is 18.0 Å². The maximum absolute atomic E-state index is 12.9. The first kappa shape index (κ1) is 24.2. The molecule has 1 aliphatic rings. The van der Waals surface area contributed by atoms with Gasteiger partial charge in [-0.3, -0.25) is 15.0 Å². The Kier molecular flexibility index (Phi) is 7.55. The third kappa shape index (κ3) is 5.47. The first-order valence-electron chi connectivity index (χ1n) is 10.3. The van der Waals surface area contributed by atoms with Crippen molar-refractivity contribution in [2.45, 2.75) is 31.7 Å². The fourth-order valence-electron chi connectivity index (χ4n) is 3.61. The summed E-state index contributed by atoms with van der Waals surface area (Å²) in [4.78, 5) is 26.7. The maximum Gasteiger partial charge on any atom is 0.325 e. The highest BCUT2D eigenvalue weighted by atomic mass is 35.5. The maximum atomic E-state index is 12.9. The van der Waals surface area contributed by atoms with Gasteiger partial charge in [0.25, 0.3) is 0 Å². The van der Waals surface area contributed by atoms with Gasteiger partial charge >= 0.3 is 6.03 Å². The number of carbonyl (C=O) groups excluding carboxylic acids is 2. The third-order valence-corrected chi connectivity index (χ3v) is 7.92. The van der Waals surface area contributed by atoms with E-state index in [0.29, 0.717) is 18.8 Å². The van der Waals surface area contributed by atoms with Crippen LogP contribution in [-0.4, -0.2) is 61.8 Å². The molecule has 0 aromatic heterocycles. The van der Waals surface area contributed by atoms with Crippen molar-refractivity contribution in [2.75, 3.05) is 31.5 Å². The Morgan fingerprint density at radius 3 is 2.31 bits per heavy atom. The number of piperazine rings is 1. The Morgan fingerprint density at radius 2 is 1.69 bits per heavy atom. The van der Waals surface area contributed by atoms with Crippen molar-refractivity contribution in [1.82, 2.24) is 14.5 Å². The van der Waals surface area contributed by atoms with Crippen molar-refractivity contribution < 1.29 is 18.0 Å². The number of imide groups is 1. The summed E-state index contributed by atoms with van der Waals surface area (Å²) in [6, 6.07) is 10.7. The zero-order valence-electron chi connectivity index (χ0n) is 18.3. The topological polar surface area (TPSA) is 98.8 Å². The number of amides is 3. The summed E-state index contributed by atoms with van der Waals surface area (Å²) in [5.41, 5.74) is 2.61. The molecule has 0 radical (unpaired) electrons. The summed E-state index contributed by atoms with van der Waals surface area (Å²) in [5.74, 6) is -0.449. The van der Waals surface area contributed by atoms with Gasteiger partial charge in [0.15, 0.2) is 0 Å². The van der Waals surface area contributed by atoms with Gasteiger partial charge in [0.2, 0.25) is 15.9 Å². The van der Waals surface area contributed by atoms with E-state index in [-0.39, 0.29) is 23.0 Å². The number of nitrogens with zero attached hydrogens (tertiary/aromatic N) is 2. The van der Waals surface area contributed by atoms with Crippen LogP contribution in [0.2, 0.25) is 5.02 Å². The predicted octanol–water partition coefficient (Wildman–Crippen LogP) is 3.00. The number of sulfonamides is 1. The van der Waals surface area contributed by atoms with Crippen LogP contribution in [0.1, 0.15) is 18.1 Å². The van der Waals surface area contributed by atoms with Crippen molar-refractivity contribution in [2.24, 2.45) is 0 Å². The lowest BCUT2D eigenvalue weighted by Gasteiger charge is -2.36. The molecule has 1 heterocycles. The van der Waals surface area contributed by atoms with E-state index >= 15 is 0 Å². The van der Waals surface area contributed by atoms with Gasteiger partial charge in [-0.15, -0.1) is 0 Å². The largest absolute Gasteiger partial charge is 0.325 e. The van der Waals surface area contributed by atoms with Crippen LogP contribution in [0.15, 0.2) is 47.4 Å². The fourth-order valence-corrected chi connectivity index (χ4v) is 5.53. The normalized spacial score (nSPS) is 16.4. The van der Waals surface area contributed by atoms with Crippen LogP contribution in [-0.2, 0) is 14.8 Å². The fraction of sp³-hybridized carbons (Fsp3) is 0.364. The van der Waals surface area contributed by atoms with Crippen LogP contribution in [0.25, 0.3) is 0 Å². The van der Waals surface area contributed by atoms with E-state index in [0.717, 1.165) is 11.1 Å². The van der Waals surface area contributed by atoms with Crippen molar-refractivity contribution in [1.29, 1.82) is 0 Å². The van der Waals surface area contributed by atoms with Gasteiger partial charge in [0.1, 0.15) is 4.90 Å². The number of urea groups is 1. The average Bonchev–Trinajstić information content (AvgIpc) is 2.75. The summed E-state index contributed by atoms with van der Waals surface area (Å²) in [6.45, 7) is 6.69. The minimum Gasteiger partial charge on any atom is -0.307 e. The van der Waals surface area contributed by atoms with E-state index in [2.05, 4.69) is 10.6 Å². The summed E-state index contributed by atoms with van der Waals surface area (Å²) in [7, 11) is -3.71. The highest BCUT2D eigenvalue weighted by Gasteiger charge is 2.33. The molecule has 0 aliphatic carbocycles. The van der Waals surface area contributed by atoms with Gasteiger partial charge in [-0.25, -0.2) is 13.2 Å². The minimum atomic E-state index is -3.71. The molecule has 10 heteroatoms. The molecule has 0 saturated carbocycles. The monoisotopic (exact) mass is 478 g/mol. The molecule has 1 aliphatic heterocycles. The molecule has 32 heavy (non-hydrogen) atoms. The highest BCUT2D eigenvalue weighted by molar-refractivity contribution is 7.89. The van der Waals surface area contributed by atoms with Gasteiger partial charge in [0.05, 0.1) is 11.1 Å². The quantitative estimate of drug-likeness (QED) is 0.688. The van der Waals surface area contributed by atoms with Crippen LogP contribution in [0.5, 0.6) is 0 Å². The van der Waals surface area contributed by atoms with Crippen LogP contribution in [0.4, 0.5) is 10.5 Å². The van der Waals surface area contributed by atoms with E-state index in [1.54, 1.807) is 31.2 Å². The number of aryl methyl sites for hydroxylation is 2. The number of hydrogen-bond acceptors (Lipinski definition) is 5. The summed E-state index contributed by atoms with van der Waals surface area (Å²) in [6.07, 6.45) is 0. The number of halogens is 1. The number of benzene rings is 2. The molecule has 0 spiro atoms. The average molecular weight is 479 g/mol. The zero-order chi connectivity index (χ0) is 23.5. The first-order chi connectivity index (χ1) is 15.1. The molecule has 172 valence electrons. The molecule has 8 nitrogen and oxygen atoms in total. The number of anilines is 1. The number of carbonyl (C=O) groups is 2. The van der Waals surface area contributed by atoms with Crippen molar-refractivity contribution >= 4 is 39.2 Å². The Bertz CT molecular complexity index is 1110. The van der Waals surface area contributed by atoms with E-state index < -0.39 is 28.0 Å². The van der Waals surface area contributed by atoms with Crippen LogP contribution < -0.4 is 10.6 Å². The summed E-state index contributed by atoms with van der Waals surface area (Å²) in [5, 5.41) is 5.23. The zero-order valence-corrected chi connectivity index (χ0v) is 19.8. The van der Waals surface area contributed by atoms with Gasteiger partial charge in [0, 0.05) is 31.9 Å². The summed E-state index contributed by atoms with van der Waals surface area (Å²) < 4.78 is 27.1. The Morgan fingerprint density at radius 1 is 1.03 bits per heavy atom. The predicted molar refractivity (Wildman–Crippen MR) is 124 cm³/mol. The molecule has 3 rings (SSSR count). The lowest BCUT2D eigenvalue weighted by molar-refractivity contribution is -0.125. The van der Waals surface area contributed by atoms with E-state index in [4.69, 9.17) is 11.6 Å². The minimum absolute atomic E-state index is 0.0731. The van der Waals surface area contributed by atoms with Crippen molar-refractivity contribution in [3.05, 3.63) is 58.6 Å². The Balaban J connectivity index is 1.55. The van der Waals surface area contributed by atoms with Crippen molar-refractivity contribution in [3.8, 4) is 0 Å². The molecular formula is C22H27ClN4O4S. The molecule has 2 N–H and O–H groups in total. The standard InChI is InChI=1S/C22H27ClN4O4S/c1-15-8-9-19(16(2)14-15)24-22(29)25-21(28)17(3)26-10-12-27(13-11-26)32(30,31)20-7-5-4-6-18(20)23/h4-9,14,17H,10-13H2,1-3H3,(H2,24,25,28,29). The molecule has 0 bridgehead atoms. The summed E-state index contributed by atoms with van der Waals surface area (Å²) >= 11 is 6.07. The van der Waals surface area contributed by atoms with Crippen molar-refractivity contribution in [3.63, 3.8) is 0 Å². The van der Waals surface area contributed by atoms with Crippen LogP contribution in [0, 0.1) is 13.8 Å².